The molecule has 3 N–H and O–H groups in total. The first-order chi connectivity index (χ1) is 13.3. The second-order valence-electron chi connectivity index (χ2n) is 6.07. The van der Waals surface area contributed by atoms with Crippen LogP contribution in [-0.4, -0.2) is 23.0 Å². The normalized spacial score (nSPS) is 11.6. The van der Waals surface area contributed by atoms with Crippen molar-refractivity contribution in [2.75, 3.05) is 5.32 Å². The summed E-state index contributed by atoms with van der Waals surface area (Å²) in [5, 5.41) is 8.10. The molecule has 0 fully saturated rings. The molecule has 2 aromatic heterocycles. The summed E-state index contributed by atoms with van der Waals surface area (Å²) in [4.78, 5) is 20.3. The lowest BCUT2D eigenvalue weighted by atomic mass is 10.1. The third-order valence-electron chi connectivity index (χ3n) is 4.18. The van der Waals surface area contributed by atoms with Gasteiger partial charge in [0.2, 0.25) is 16.0 Å². The van der Waals surface area contributed by atoms with Gasteiger partial charge in [-0.25, -0.2) is 28.3 Å². The van der Waals surface area contributed by atoms with Gasteiger partial charge in [-0.15, -0.1) is 0 Å². The van der Waals surface area contributed by atoms with Gasteiger partial charge >= 0.3 is 5.76 Å². The molecule has 0 atom stereocenters. The van der Waals surface area contributed by atoms with Gasteiger partial charge in [-0.3, -0.25) is 4.57 Å². The second kappa shape index (κ2) is 6.59. The van der Waals surface area contributed by atoms with Crippen LogP contribution in [0.2, 0.25) is 0 Å². The largest absolute Gasteiger partial charge is 0.419 e. The van der Waals surface area contributed by atoms with Gasteiger partial charge < -0.3 is 9.73 Å². The topological polar surface area (TPSA) is 133 Å². The molecule has 0 amide bonds. The zero-order valence-electron chi connectivity index (χ0n) is 14.7. The molecule has 2 aromatic carbocycles. The SMILES string of the molecule is Cn1c(=O)oc2cc(-c3ccnc(Nc4ccc(S(N)(=O)=O)cc4)n3)ccc21. The molecule has 0 bridgehead atoms. The maximum atomic E-state index is 11.6. The van der Waals surface area contributed by atoms with Crippen molar-refractivity contribution in [2.45, 2.75) is 4.90 Å². The molecule has 28 heavy (non-hydrogen) atoms. The van der Waals surface area contributed by atoms with Crippen molar-refractivity contribution >= 4 is 32.8 Å². The zero-order valence-corrected chi connectivity index (χ0v) is 15.5. The number of rotatable bonds is 4. The Bertz CT molecular complexity index is 1340. The van der Waals surface area contributed by atoms with Crippen LogP contribution in [0.25, 0.3) is 22.4 Å². The molecule has 10 heteroatoms. The standard InChI is InChI=1S/C18H15N5O4S/c1-23-15-7-2-11(10-16(15)27-18(23)24)14-8-9-20-17(22-14)21-12-3-5-13(6-4-12)28(19,25)26/h2-10H,1H3,(H2,19,25,26)(H,20,21,22). The fraction of sp³-hybridized carbons (Fsp3) is 0.0556. The van der Waals surface area contributed by atoms with E-state index < -0.39 is 15.8 Å². The first-order valence-electron chi connectivity index (χ1n) is 8.14. The first kappa shape index (κ1) is 17.9. The third-order valence-corrected chi connectivity index (χ3v) is 5.11. The van der Waals surface area contributed by atoms with Crippen LogP contribution in [-0.2, 0) is 17.1 Å². The molecule has 0 saturated heterocycles. The number of sulfonamides is 1. The Balaban J connectivity index is 1.64. The summed E-state index contributed by atoms with van der Waals surface area (Å²) in [7, 11) is -2.11. The quantitative estimate of drug-likeness (QED) is 0.538. The van der Waals surface area contributed by atoms with Crippen LogP contribution in [0.3, 0.4) is 0 Å². The number of primary sulfonamides is 1. The maximum Gasteiger partial charge on any atom is 0.419 e. The number of benzene rings is 2. The number of nitrogens with two attached hydrogens (primary N) is 1. The number of anilines is 2. The minimum absolute atomic E-state index is 0.0189. The summed E-state index contributed by atoms with van der Waals surface area (Å²) in [6.07, 6.45) is 1.59. The first-order valence-corrected chi connectivity index (χ1v) is 9.69. The predicted molar refractivity (Wildman–Crippen MR) is 104 cm³/mol. The van der Waals surface area contributed by atoms with Crippen molar-refractivity contribution in [3.8, 4) is 11.3 Å². The van der Waals surface area contributed by atoms with E-state index in [1.165, 1.54) is 16.7 Å². The average molecular weight is 397 g/mol. The molecule has 0 saturated carbocycles. The van der Waals surface area contributed by atoms with Crippen molar-refractivity contribution in [1.82, 2.24) is 14.5 Å². The second-order valence-corrected chi connectivity index (χ2v) is 7.63. The maximum absolute atomic E-state index is 11.6. The van der Waals surface area contributed by atoms with E-state index in [0.717, 1.165) is 5.56 Å². The molecule has 2 heterocycles. The monoisotopic (exact) mass is 397 g/mol. The number of nitrogens with one attached hydrogen (secondary N) is 1. The highest BCUT2D eigenvalue weighted by atomic mass is 32.2. The number of aromatic nitrogens is 3. The molecule has 4 aromatic rings. The van der Waals surface area contributed by atoms with E-state index in [4.69, 9.17) is 9.56 Å². The number of oxazole rings is 1. The van der Waals surface area contributed by atoms with Gasteiger partial charge in [-0.1, -0.05) is 6.07 Å². The highest BCUT2D eigenvalue weighted by molar-refractivity contribution is 7.89. The zero-order chi connectivity index (χ0) is 19.9. The molecular formula is C18H15N5O4S. The average Bonchev–Trinajstić information content (AvgIpc) is 2.95. The lowest BCUT2D eigenvalue weighted by Gasteiger charge is -2.07. The number of aryl methyl sites for hydroxylation is 1. The lowest BCUT2D eigenvalue weighted by Crippen LogP contribution is -2.11. The van der Waals surface area contributed by atoms with E-state index >= 15 is 0 Å². The predicted octanol–water partition coefficient (Wildman–Crippen LogP) is 1.98. The number of hydrogen-bond donors (Lipinski definition) is 2. The van der Waals surface area contributed by atoms with Gasteiger partial charge in [0.25, 0.3) is 0 Å². The van der Waals surface area contributed by atoms with Crippen LogP contribution in [0.15, 0.2) is 68.8 Å². The van der Waals surface area contributed by atoms with E-state index in [-0.39, 0.29) is 4.90 Å². The van der Waals surface area contributed by atoms with Crippen LogP contribution in [0.4, 0.5) is 11.6 Å². The molecule has 0 radical (unpaired) electrons. The molecule has 0 unspecified atom stereocenters. The van der Waals surface area contributed by atoms with Gasteiger partial charge in [0.15, 0.2) is 5.58 Å². The third kappa shape index (κ3) is 3.38. The molecule has 0 spiro atoms. The van der Waals surface area contributed by atoms with Crippen molar-refractivity contribution < 1.29 is 12.8 Å². The highest BCUT2D eigenvalue weighted by Gasteiger charge is 2.10. The molecule has 0 aliphatic carbocycles. The summed E-state index contributed by atoms with van der Waals surface area (Å²) in [6, 6.07) is 13.0. The number of hydrogen-bond acceptors (Lipinski definition) is 7. The Hall–Kier alpha value is -3.50. The minimum atomic E-state index is -3.75. The van der Waals surface area contributed by atoms with E-state index in [1.807, 2.05) is 6.07 Å². The van der Waals surface area contributed by atoms with Gasteiger partial charge in [0, 0.05) is 24.5 Å². The van der Waals surface area contributed by atoms with Crippen molar-refractivity contribution in [1.29, 1.82) is 0 Å². The van der Waals surface area contributed by atoms with Crippen molar-refractivity contribution in [3.05, 3.63) is 65.3 Å². The molecular weight excluding hydrogens is 382 g/mol. The summed E-state index contributed by atoms with van der Waals surface area (Å²) in [5.41, 5.74) is 3.16. The van der Waals surface area contributed by atoms with E-state index in [2.05, 4.69) is 15.3 Å². The Morgan fingerprint density at radius 2 is 1.86 bits per heavy atom. The smallest absolute Gasteiger partial charge is 0.408 e. The summed E-state index contributed by atoms with van der Waals surface area (Å²) in [6.45, 7) is 0. The molecule has 9 nitrogen and oxygen atoms in total. The van der Waals surface area contributed by atoms with Crippen molar-refractivity contribution in [2.24, 2.45) is 12.2 Å². The van der Waals surface area contributed by atoms with Gasteiger partial charge in [0.1, 0.15) is 0 Å². The fourth-order valence-electron chi connectivity index (χ4n) is 2.73. The van der Waals surface area contributed by atoms with Crippen molar-refractivity contribution in [3.63, 3.8) is 0 Å². The van der Waals surface area contributed by atoms with Crippen LogP contribution in [0, 0.1) is 0 Å². The number of nitrogens with zero attached hydrogens (tertiary/aromatic N) is 3. The Morgan fingerprint density at radius 3 is 2.57 bits per heavy atom. The van der Waals surface area contributed by atoms with E-state index in [9.17, 15) is 13.2 Å². The molecule has 0 aliphatic rings. The van der Waals surface area contributed by atoms with Gasteiger partial charge in [-0.05, 0) is 42.5 Å². The molecule has 0 aliphatic heterocycles. The Kier molecular flexibility index (Phi) is 4.21. The van der Waals surface area contributed by atoms with Gasteiger partial charge in [0.05, 0.1) is 16.1 Å². The highest BCUT2D eigenvalue weighted by Crippen LogP contribution is 2.24. The minimum Gasteiger partial charge on any atom is -0.408 e. The summed E-state index contributed by atoms with van der Waals surface area (Å²) >= 11 is 0. The number of fused-ring (bicyclic) bond motifs is 1. The van der Waals surface area contributed by atoms with E-state index in [1.54, 1.807) is 43.6 Å². The Morgan fingerprint density at radius 1 is 1.11 bits per heavy atom. The van der Waals surface area contributed by atoms with E-state index in [0.29, 0.717) is 28.4 Å². The fourth-order valence-corrected chi connectivity index (χ4v) is 3.25. The van der Waals surface area contributed by atoms with Crippen LogP contribution in [0.5, 0.6) is 0 Å². The lowest BCUT2D eigenvalue weighted by molar-refractivity contribution is 0.528. The van der Waals surface area contributed by atoms with Crippen LogP contribution in [0.1, 0.15) is 0 Å². The summed E-state index contributed by atoms with van der Waals surface area (Å²) < 4.78 is 29.3. The summed E-state index contributed by atoms with van der Waals surface area (Å²) in [5.74, 6) is -0.101. The Labute approximate surface area is 159 Å². The molecule has 142 valence electrons. The molecule has 4 rings (SSSR count). The van der Waals surface area contributed by atoms with Gasteiger partial charge in [-0.2, -0.15) is 0 Å². The van der Waals surface area contributed by atoms with Crippen LogP contribution < -0.4 is 16.2 Å². The van der Waals surface area contributed by atoms with Crippen LogP contribution >= 0.6 is 0 Å².